The van der Waals surface area contributed by atoms with E-state index < -0.39 is 23.1 Å². The molecule has 0 aliphatic heterocycles. The van der Waals surface area contributed by atoms with Gasteiger partial charge in [-0.15, -0.1) is 0 Å². The van der Waals surface area contributed by atoms with Gasteiger partial charge < -0.3 is 15.4 Å². The van der Waals surface area contributed by atoms with Crippen molar-refractivity contribution in [2.45, 2.75) is 6.92 Å². The van der Waals surface area contributed by atoms with Crippen LogP contribution in [0, 0.1) is 18.6 Å². The molecular weight excluding hydrogens is 254 g/mol. The maximum Gasteiger partial charge on any atom is 0.259 e. The molecule has 1 aromatic carbocycles. The highest BCUT2D eigenvalue weighted by molar-refractivity contribution is 5.95. The number of carbonyl (C=O) groups excluding carboxylic acids is 1. The molecule has 0 heterocycles. The van der Waals surface area contributed by atoms with Gasteiger partial charge in [0, 0.05) is 26.7 Å². The quantitative estimate of drug-likeness (QED) is 0.849. The van der Waals surface area contributed by atoms with Crippen LogP contribution in [0.25, 0.3) is 0 Å². The van der Waals surface area contributed by atoms with Crippen molar-refractivity contribution in [3.05, 3.63) is 34.9 Å². The molecule has 0 radical (unpaired) electrons. The number of hydrogen-bond donors (Lipinski definition) is 1. The Hall–Kier alpha value is -1.53. The minimum atomic E-state index is -0.868. The van der Waals surface area contributed by atoms with Gasteiger partial charge in [-0.25, -0.2) is 8.78 Å². The van der Waals surface area contributed by atoms with Crippen LogP contribution in [0.15, 0.2) is 12.1 Å². The summed E-state index contributed by atoms with van der Waals surface area (Å²) in [5, 5.41) is 0. The number of aryl methyl sites for hydroxylation is 1. The Kier molecular flexibility index (Phi) is 5.85. The Balaban J connectivity index is 3.05. The predicted octanol–water partition coefficient (Wildman–Crippen LogP) is 1.32. The maximum atomic E-state index is 13.9. The number of carbonyl (C=O) groups is 1. The van der Waals surface area contributed by atoms with E-state index in [-0.39, 0.29) is 31.8 Å². The van der Waals surface area contributed by atoms with Crippen molar-refractivity contribution in [2.75, 3.05) is 33.4 Å². The van der Waals surface area contributed by atoms with Crippen molar-refractivity contribution in [2.24, 2.45) is 5.73 Å². The first-order valence-corrected chi connectivity index (χ1v) is 5.95. The monoisotopic (exact) mass is 272 g/mol. The van der Waals surface area contributed by atoms with Crippen LogP contribution < -0.4 is 5.73 Å². The Morgan fingerprint density at radius 2 is 2.05 bits per heavy atom. The van der Waals surface area contributed by atoms with Crippen molar-refractivity contribution >= 4 is 5.91 Å². The minimum Gasteiger partial charge on any atom is -0.383 e. The van der Waals surface area contributed by atoms with Crippen molar-refractivity contribution in [1.29, 1.82) is 0 Å². The van der Waals surface area contributed by atoms with Gasteiger partial charge in [-0.05, 0) is 18.6 Å². The van der Waals surface area contributed by atoms with Gasteiger partial charge in [-0.2, -0.15) is 0 Å². The number of amides is 1. The summed E-state index contributed by atoms with van der Waals surface area (Å²) in [4.78, 5) is 13.5. The fourth-order valence-electron chi connectivity index (χ4n) is 1.68. The average molecular weight is 272 g/mol. The number of hydrogen-bond acceptors (Lipinski definition) is 3. The number of methoxy groups -OCH3 is 1. The molecule has 106 valence electrons. The van der Waals surface area contributed by atoms with E-state index in [9.17, 15) is 13.6 Å². The highest BCUT2D eigenvalue weighted by atomic mass is 19.1. The first-order valence-electron chi connectivity index (χ1n) is 5.95. The van der Waals surface area contributed by atoms with E-state index in [1.54, 1.807) is 0 Å². The Labute approximate surface area is 111 Å². The third-order valence-electron chi connectivity index (χ3n) is 2.75. The van der Waals surface area contributed by atoms with E-state index in [2.05, 4.69) is 0 Å². The third-order valence-corrected chi connectivity index (χ3v) is 2.75. The van der Waals surface area contributed by atoms with E-state index in [0.717, 1.165) is 6.07 Å². The van der Waals surface area contributed by atoms with Crippen LogP contribution in [0.1, 0.15) is 15.9 Å². The molecule has 0 bridgehead atoms. The molecule has 1 rings (SSSR count). The molecule has 6 heteroatoms. The number of rotatable bonds is 6. The largest absolute Gasteiger partial charge is 0.383 e. The number of ether oxygens (including phenoxy) is 1. The Morgan fingerprint density at radius 3 is 2.63 bits per heavy atom. The van der Waals surface area contributed by atoms with E-state index in [1.807, 2.05) is 0 Å². The van der Waals surface area contributed by atoms with Crippen molar-refractivity contribution < 1.29 is 18.3 Å². The lowest BCUT2D eigenvalue weighted by atomic mass is 10.1. The van der Waals surface area contributed by atoms with Gasteiger partial charge in [0.25, 0.3) is 5.91 Å². The standard InChI is InChI=1S/C13H18F2N2O2/c1-9-3-4-10(14)11(12(9)15)13(18)17(6-5-16)7-8-19-2/h3-4H,5-8,16H2,1-2H3. The molecule has 0 unspecified atom stereocenters. The molecule has 19 heavy (non-hydrogen) atoms. The summed E-state index contributed by atoms with van der Waals surface area (Å²) in [6.07, 6.45) is 0. The molecule has 2 N–H and O–H groups in total. The summed E-state index contributed by atoms with van der Waals surface area (Å²) in [7, 11) is 1.49. The predicted molar refractivity (Wildman–Crippen MR) is 67.9 cm³/mol. The topological polar surface area (TPSA) is 55.6 Å². The van der Waals surface area contributed by atoms with Crippen LogP contribution in [0.4, 0.5) is 8.78 Å². The summed E-state index contributed by atoms with van der Waals surface area (Å²) in [6.45, 7) is 2.42. The molecule has 0 fully saturated rings. The summed E-state index contributed by atoms with van der Waals surface area (Å²) >= 11 is 0. The second kappa shape index (κ2) is 7.16. The fraction of sp³-hybridized carbons (Fsp3) is 0.462. The van der Waals surface area contributed by atoms with Crippen molar-refractivity contribution in [3.63, 3.8) is 0 Å². The molecule has 4 nitrogen and oxygen atoms in total. The average Bonchev–Trinajstić information content (AvgIpc) is 2.39. The molecule has 0 aliphatic rings. The smallest absolute Gasteiger partial charge is 0.259 e. The SMILES string of the molecule is COCCN(CCN)C(=O)c1c(F)ccc(C)c1F. The Morgan fingerprint density at radius 1 is 1.37 bits per heavy atom. The molecule has 0 saturated heterocycles. The van der Waals surface area contributed by atoms with E-state index >= 15 is 0 Å². The second-order valence-electron chi connectivity index (χ2n) is 4.13. The third kappa shape index (κ3) is 3.71. The number of benzene rings is 1. The second-order valence-corrected chi connectivity index (χ2v) is 4.13. The zero-order chi connectivity index (χ0) is 14.4. The van der Waals surface area contributed by atoms with E-state index in [0.29, 0.717) is 0 Å². The molecular formula is C13H18F2N2O2. The van der Waals surface area contributed by atoms with Gasteiger partial charge in [0.1, 0.15) is 17.2 Å². The molecule has 0 spiro atoms. The lowest BCUT2D eigenvalue weighted by molar-refractivity contribution is 0.0691. The summed E-state index contributed by atoms with van der Waals surface area (Å²) < 4.78 is 32.4. The zero-order valence-corrected chi connectivity index (χ0v) is 11.1. The number of nitrogens with two attached hydrogens (primary N) is 1. The van der Waals surface area contributed by atoms with E-state index in [1.165, 1.54) is 25.0 Å². The maximum absolute atomic E-state index is 13.9. The number of nitrogens with zero attached hydrogens (tertiary/aromatic N) is 1. The first-order chi connectivity index (χ1) is 9.02. The first kappa shape index (κ1) is 15.5. The lowest BCUT2D eigenvalue weighted by Crippen LogP contribution is -2.38. The molecule has 0 aromatic heterocycles. The van der Waals surface area contributed by atoms with Gasteiger partial charge >= 0.3 is 0 Å². The van der Waals surface area contributed by atoms with E-state index in [4.69, 9.17) is 10.5 Å². The molecule has 0 aliphatic carbocycles. The molecule has 1 amide bonds. The van der Waals surface area contributed by atoms with Crippen LogP contribution in [-0.4, -0.2) is 44.2 Å². The fourth-order valence-corrected chi connectivity index (χ4v) is 1.68. The van der Waals surface area contributed by atoms with Gasteiger partial charge in [-0.3, -0.25) is 4.79 Å². The minimum absolute atomic E-state index is 0.213. The number of halogens is 2. The lowest BCUT2D eigenvalue weighted by Gasteiger charge is -2.22. The molecule has 0 saturated carbocycles. The van der Waals surface area contributed by atoms with Crippen molar-refractivity contribution in [3.8, 4) is 0 Å². The van der Waals surface area contributed by atoms with Gasteiger partial charge in [-0.1, -0.05) is 6.07 Å². The van der Waals surface area contributed by atoms with Crippen LogP contribution in [0.3, 0.4) is 0 Å². The highest BCUT2D eigenvalue weighted by Gasteiger charge is 2.23. The summed E-state index contributed by atoms with van der Waals surface area (Å²) in [6, 6.07) is 2.38. The van der Waals surface area contributed by atoms with Gasteiger partial charge in [0.15, 0.2) is 0 Å². The Bertz CT molecular complexity index is 453. The van der Waals surface area contributed by atoms with Crippen LogP contribution in [0.2, 0.25) is 0 Å². The van der Waals surface area contributed by atoms with Gasteiger partial charge in [0.2, 0.25) is 0 Å². The zero-order valence-electron chi connectivity index (χ0n) is 11.1. The summed E-state index contributed by atoms with van der Waals surface area (Å²) in [5.41, 5.74) is 5.09. The van der Waals surface area contributed by atoms with Crippen molar-refractivity contribution in [1.82, 2.24) is 4.90 Å². The highest BCUT2D eigenvalue weighted by Crippen LogP contribution is 2.18. The van der Waals surface area contributed by atoms with Crippen LogP contribution >= 0.6 is 0 Å². The van der Waals surface area contributed by atoms with Crippen LogP contribution in [-0.2, 0) is 4.74 Å². The van der Waals surface area contributed by atoms with Gasteiger partial charge in [0.05, 0.1) is 6.61 Å². The molecule has 0 atom stereocenters. The normalized spacial score (nSPS) is 10.6. The molecule has 1 aromatic rings. The van der Waals surface area contributed by atoms with Crippen LogP contribution in [0.5, 0.6) is 0 Å². The summed E-state index contributed by atoms with van der Waals surface area (Å²) in [5.74, 6) is -2.40.